The SMILES string of the molecule is C#CCCCC(NCCC)c1cc(Cl)ccc1F. The van der Waals surface area contributed by atoms with Crippen molar-refractivity contribution >= 4 is 11.6 Å². The number of halogens is 2. The molecule has 0 fully saturated rings. The number of benzene rings is 1. The molecule has 0 amide bonds. The third-order valence-electron chi connectivity index (χ3n) is 2.79. The number of unbranched alkanes of at least 4 members (excludes halogenated alkanes) is 1. The quantitative estimate of drug-likeness (QED) is 0.573. The zero-order chi connectivity index (χ0) is 13.4. The molecule has 1 aromatic carbocycles. The fraction of sp³-hybridized carbons (Fsp3) is 0.467. The lowest BCUT2D eigenvalue weighted by Crippen LogP contribution is -2.23. The van der Waals surface area contributed by atoms with Crippen molar-refractivity contribution in [2.75, 3.05) is 6.54 Å². The van der Waals surface area contributed by atoms with Gasteiger partial charge in [-0.25, -0.2) is 4.39 Å². The first-order valence-electron chi connectivity index (χ1n) is 6.30. The summed E-state index contributed by atoms with van der Waals surface area (Å²) in [5, 5.41) is 3.91. The van der Waals surface area contributed by atoms with Crippen molar-refractivity contribution in [3.63, 3.8) is 0 Å². The number of rotatable bonds is 7. The molecule has 0 saturated heterocycles. The summed E-state index contributed by atoms with van der Waals surface area (Å²) in [5.74, 6) is 2.39. The molecule has 0 heterocycles. The van der Waals surface area contributed by atoms with Gasteiger partial charge in [-0.15, -0.1) is 12.3 Å². The average molecular weight is 268 g/mol. The van der Waals surface area contributed by atoms with Crippen LogP contribution < -0.4 is 5.32 Å². The summed E-state index contributed by atoms with van der Waals surface area (Å²) >= 11 is 5.93. The largest absolute Gasteiger partial charge is 0.310 e. The van der Waals surface area contributed by atoms with E-state index in [4.69, 9.17) is 18.0 Å². The highest BCUT2D eigenvalue weighted by Crippen LogP contribution is 2.25. The second-order valence-corrected chi connectivity index (χ2v) is 4.71. The number of hydrogen-bond donors (Lipinski definition) is 1. The summed E-state index contributed by atoms with van der Waals surface area (Å²) in [6.07, 6.45) is 8.66. The maximum absolute atomic E-state index is 13.8. The highest BCUT2D eigenvalue weighted by molar-refractivity contribution is 6.30. The second-order valence-electron chi connectivity index (χ2n) is 4.27. The number of nitrogens with one attached hydrogen (secondary N) is 1. The van der Waals surface area contributed by atoms with Gasteiger partial charge in [0.05, 0.1) is 0 Å². The Balaban J connectivity index is 2.79. The Labute approximate surface area is 114 Å². The van der Waals surface area contributed by atoms with Gasteiger partial charge in [0.2, 0.25) is 0 Å². The molecule has 0 aromatic heterocycles. The Morgan fingerprint density at radius 2 is 2.28 bits per heavy atom. The molecule has 1 N–H and O–H groups in total. The van der Waals surface area contributed by atoms with Crippen LogP contribution in [0.5, 0.6) is 0 Å². The van der Waals surface area contributed by atoms with Crippen molar-refractivity contribution in [3.8, 4) is 12.3 Å². The van der Waals surface area contributed by atoms with Crippen molar-refractivity contribution in [3.05, 3.63) is 34.6 Å². The maximum Gasteiger partial charge on any atom is 0.128 e. The van der Waals surface area contributed by atoms with Crippen LogP contribution in [0.15, 0.2) is 18.2 Å². The second kappa shape index (κ2) is 8.13. The van der Waals surface area contributed by atoms with E-state index < -0.39 is 0 Å². The van der Waals surface area contributed by atoms with Crippen LogP contribution in [0.1, 0.15) is 44.2 Å². The van der Waals surface area contributed by atoms with Gasteiger partial charge in [0, 0.05) is 23.0 Å². The minimum Gasteiger partial charge on any atom is -0.310 e. The molecule has 0 bridgehead atoms. The van der Waals surface area contributed by atoms with E-state index in [1.54, 1.807) is 12.1 Å². The number of terminal acetylenes is 1. The van der Waals surface area contributed by atoms with Gasteiger partial charge in [-0.2, -0.15) is 0 Å². The molecule has 0 spiro atoms. The smallest absolute Gasteiger partial charge is 0.128 e. The van der Waals surface area contributed by atoms with E-state index in [0.717, 1.165) is 25.8 Å². The van der Waals surface area contributed by atoms with Crippen molar-refractivity contribution in [2.45, 2.75) is 38.6 Å². The maximum atomic E-state index is 13.8. The molecule has 3 heteroatoms. The Morgan fingerprint density at radius 1 is 1.50 bits per heavy atom. The van der Waals surface area contributed by atoms with Gasteiger partial charge in [-0.1, -0.05) is 18.5 Å². The van der Waals surface area contributed by atoms with E-state index in [9.17, 15) is 4.39 Å². The van der Waals surface area contributed by atoms with Gasteiger partial charge in [0.15, 0.2) is 0 Å². The van der Waals surface area contributed by atoms with Gasteiger partial charge in [0.1, 0.15) is 5.82 Å². The zero-order valence-corrected chi connectivity index (χ0v) is 11.4. The summed E-state index contributed by atoms with van der Waals surface area (Å²) in [6.45, 7) is 2.94. The normalized spacial score (nSPS) is 12.1. The Bertz CT molecular complexity index is 411. The molecule has 0 aliphatic heterocycles. The van der Waals surface area contributed by atoms with Gasteiger partial charge >= 0.3 is 0 Å². The zero-order valence-electron chi connectivity index (χ0n) is 10.7. The third-order valence-corrected chi connectivity index (χ3v) is 3.02. The predicted octanol–water partition coefficient (Wildman–Crippen LogP) is 4.32. The lowest BCUT2D eigenvalue weighted by Gasteiger charge is -2.19. The molecule has 1 aromatic rings. The van der Waals surface area contributed by atoms with E-state index in [0.29, 0.717) is 17.0 Å². The molecule has 1 nitrogen and oxygen atoms in total. The molecule has 1 rings (SSSR count). The molecular formula is C15H19ClFN. The van der Waals surface area contributed by atoms with E-state index in [-0.39, 0.29) is 11.9 Å². The van der Waals surface area contributed by atoms with Crippen LogP contribution in [0.4, 0.5) is 4.39 Å². The molecule has 1 unspecified atom stereocenters. The van der Waals surface area contributed by atoms with Crippen molar-refractivity contribution in [1.29, 1.82) is 0 Å². The fourth-order valence-corrected chi connectivity index (χ4v) is 2.06. The van der Waals surface area contributed by atoms with Gasteiger partial charge in [0.25, 0.3) is 0 Å². The lowest BCUT2D eigenvalue weighted by molar-refractivity contribution is 0.464. The summed E-state index contributed by atoms with van der Waals surface area (Å²) in [4.78, 5) is 0. The summed E-state index contributed by atoms with van der Waals surface area (Å²) in [5.41, 5.74) is 0.632. The van der Waals surface area contributed by atoms with E-state index in [1.807, 2.05) is 0 Å². The van der Waals surface area contributed by atoms with Crippen LogP contribution in [-0.2, 0) is 0 Å². The van der Waals surface area contributed by atoms with E-state index in [1.165, 1.54) is 6.07 Å². The van der Waals surface area contributed by atoms with Crippen molar-refractivity contribution in [2.24, 2.45) is 0 Å². The van der Waals surface area contributed by atoms with Crippen LogP contribution in [0.2, 0.25) is 5.02 Å². The standard InChI is InChI=1S/C15H19ClFN/c1-3-5-6-7-15(18-10-4-2)13-11-12(16)8-9-14(13)17/h1,8-9,11,15,18H,4-7,10H2,2H3. The highest BCUT2D eigenvalue weighted by Gasteiger charge is 2.15. The Kier molecular flexibility index (Phi) is 6.78. The minimum atomic E-state index is -0.214. The van der Waals surface area contributed by atoms with E-state index in [2.05, 4.69) is 18.2 Å². The molecular weight excluding hydrogens is 249 g/mol. The highest BCUT2D eigenvalue weighted by atomic mass is 35.5. The molecule has 0 aliphatic rings. The summed E-state index contributed by atoms with van der Waals surface area (Å²) in [6, 6.07) is 4.66. The van der Waals surface area contributed by atoms with Crippen molar-refractivity contribution < 1.29 is 4.39 Å². The van der Waals surface area contributed by atoms with Gasteiger partial charge in [-0.05, 0) is 44.0 Å². The van der Waals surface area contributed by atoms with Gasteiger partial charge in [-0.3, -0.25) is 0 Å². The van der Waals surface area contributed by atoms with Crippen LogP contribution >= 0.6 is 11.6 Å². The van der Waals surface area contributed by atoms with Crippen LogP contribution in [0.25, 0.3) is 0 Å². The monoisotopic (exact) mass is 267 g/mol. The topological polar surface area (TPSA) is 12.0 Å². The average Bonchev–Trinajstić information content (AvgIpc) is 2.37. The van der Waals surface area contributed by atoms with Gasteiger partial charge < -0.3 is 5.32 Å². The first kappa shape index (κ1) is 15.0. The lowest BCUT2D eigenvalue weighted by atomic mass is 10.0. The first-order chi connectivity index (χ1) is 8.69. The molecule has 0 saturated carbocycles. The third kappa shape index (κ3) is 4.68. The predicted molar refractivity (Wildman–Crippen MR) is 75.1 cm³/mol. The Morgan fingerprint density at radius 3 is 2.94 bits per heavy atom. The van der Waals surface area contributed by atoms with Crippen LogP contribution in [0, 0.1) is 18.2 Å². The molecule has 18 heavy (non-hydrogen) atoms. The molecule has 98 valence electrons. The molecule has 0 radical (unpaired) electrons. The molecule has 1 atom stereocenters. The minimum absolute atomic E-state index is 0.0167. The van der Waals surface area contributed by atoms with Crippen molar-refractivity contribution in [1.82, 2.24) is 5.32 Å². The first-order valence-corrected chi connectivity index (χ1v) is 6.68. The summed E-state index contributed by atoms with van der Waals surface area (Å²) in [7, 11) is 0. The summed E-state index contributed by atoms with van der Waals surface area (Å²) < 4.78 is 13.8. The number of hydrogen-bond acceptors (Lipinski definition) is 1. The van der Waals surface area contributed by atoms with E-state index >= 15 is 0 Å². The fourth-order valence-electron chi connectivity index (χ4n) is 1.88. The molecule has 0 aliphatic carbocycles. The van der Waals surface area contributed by atoms with Crippen LogP contribution in [-0.4, -0.2) is 6.54 Å². The van der Waals surface area contributed by atoms with Crippen LogP contribution in [0.3, 0.4) is 0 Å². The Hall–Kier alpha value is -1.04.